The molecule has 1 aromatic carbocycles. The van der Waals surface area contributed by atoms with E-state index in [2.05, 4.69) is 42.9 Å². The number of rotatable bonds is 11. The molecule has 0 spiro atoms. The minimum absolute atomic E-state index is 0.506. The first kappa shape index (κ1) is 22.1. The van der Waals surface area contributed by atoms with E-state index < -0.39 is 0 Å². The first-order chi connectivity index (χ1) is 12.4. The SMILES string of the molecule is COc1ccc(CCNC(N)=NCCCN(C(C)C)C(C)C)cc1OC. The van der Waals surface area contributed by atoms with Crippen LogP contribution in [-0.4, -0.2) is 56.8 Å². The molecular formula is C20H36N4O2. The lowest BCUT2D eigenvalue weighted by Crippen LogP contribution is -2.38. The molecule has 0 radical (unpaired) electrons. The van der Waals surface area contributed by atoms with Crippen LogP contribution in [0.4, 0.5) is 0 Å². The minimum Gasteiger partial charge on any atom is -0.493 e. The highest BCUT2D eigenvalue weighted by Crippen LogP contribution is 2.27. The van der Waals surface area contributed by atoms with Gasteiger partial charge < -0.3 is 20.5 Å². The van der Waals surface area contributed by atoms with Gasteiger partial charge in [0.05, 0.1) is 14.2 Å². The van der Waals surface area contributed by atoms with Crippen LogP contribution in [0, 0.1) is 0 Å². The van der Waals surface area contributed by atoms with Crippen LogP contribution in [0.25, 0.3) is 0 Å². The van der Waals surface area contributed by atoms with Gasteiger partial charge in [0.2, 0.25) is 0 Å². The number of aliphatic imine (C=N–C) groups is 1. The third kappa shape index (κ3) is 7.52. The van der Waals surface area contributed by atoms with Crippen molar-refractivity contribution in [1.82, 2.24) is 10.2 Å². The van der Waals surface area contributed by atoms with E-state index in [1.54, 1.807) is 14.2 Å². The second-order valence-corrected chi connectivity index (χ2v) is 6.91. The zero-order valence-corrected chi connectivity index (χ0v) is 17.2. The van der Waals surface area contributed by atoms with Crippen LogP contribution in [-0.2, 0) is 6.42 Å². The second-order valence-electron chi connectivity index (χ2n) is 6.91. The Labute approximate surface area is 158 Å². The van der Waals surface area contributed by atoms with Crippen molar-refractivity contribution >= 4 is 5.96 Å². The van der Waals surface area contributed by atoms with Crippen molar-refractivity contribution < 1.29 is 9.47 Å². The molecule has 1 aromatic rings. The van der Waals surface area contributed by atoms with Crippen LogP contribution in [0.3, 0.4) is 0 Å². The maximum absolute atomic E-state index is 5.96. The molecule has 0 aliphatic rings. The van der Waals surface area contributed by atoms with E-state index in [1.165, 1.54) is 0 Å². The van der Waals surface area contributed by atoms with Gasteiger partial charge in [-0.1, -0.05) is 6.07 Å². The van der Waals surface area contributed by atoms with Gasteiger partial charge in [-0.05, 0) is 58.2 Å². The summed E-state index contributed by atoms with van der Waals surface area (Å²) in [5.41, 5.74) is 7.12. The predicted octanol–water partition coefficient (Wildman–Crippen LogP) is 2.66. The summed E-state index contributed by atoms with van der Waals surface area (Å²) in [6.07, 6.45) is 1.85. The van der Waals surface area contributed by atoms with Crippen molar-refractivity contribution in [1.29, 1.82) is 0 Å². The van der Waals surface area contributed by atoms with Crippen LogP contribution in [0.1, 0.15) is 39.7 Å². The summed E-state index contributed by atoms with van der Waals surface area (Å²) >= 11 is 0. The number of guanidine groups is 1. The van der Waals surface area contributed by atoms with Gasteiger partial charge in [-0.15, -0.1) is 0 Å². The number of methoxy groups -OCH3 is 2. The molecule has 0 saturated heterocycles. The van der Waals surface area contributed by atoms with Gasteiger partial charge in [-0.2, -0.15) is 0 Å². The van der Waals surface area contributed by atoms with Gasteiger partial charge in [0.15, 0.2) is 17.5 Å². The summed E-state index contributed by atoms with van der Waals surface area (Å²) in [7, 11) is 3.28. The highest BCUT2D eigenvalue weighted by molar-refractivity contribution is 5.77. The molecule has 0 saturated carbocycles. The number of hydrogen-bond acceptors (Lipinski definition) is 4. The smallest absolute Gasteiger partial charge is 0.188 e. The van der Waals surface area contributed by atoms with E-state index in [0.29, 0.717) is 18.0 Å². The lowest BCUT2D eigenvalue weighted by atomic mass is 10.1. The average Bonchev–Trinajstić information content (AvgIpc) is 2.60. The lowest BCUT2D eigenvalue weighted by molar-refractivity contribution is 0.174. The summed E-state index contributed by atoms with van der Waals surface area (Å²) in [6, 6.07) is 7.04. The molecule has 0 atom stereocenters. The summed E-state index contributed by atoms with van der Waals surface area (Å²) in [4.78, 5) is 6.89. The third-order valence-electron chi connectivity index (χ3n) is 4.35. The van der Waals surface area contributed by atoms with Crippen molar-refractivity contribution in [2.24, 2.45) is 10.7 Å². The van der Waals surface area contributed by atoms with Crippen molar-refractivity contribution in [3.05, 3.63) is 23.8 Å². The normalized spacial score (nSPS) is 12.1. The number of hydrogen-bond donors (Lipinski definition) is 2. The molecule has 0 aromatic heterocycles. The maximum Gasteiger partial charge on any atom is 0.188 e. The Morgan fingerprint density at radius 2 is 1.77 bits per heavy atom. The first-order valence-electron chi connectivity index (χ1n) is 9.39. The van der Waals surface area contributed by atoms with E-state index in [4.69, 9.17) is 15.2 Å². The standard InChI is InChI=1S/C20H36N4O2/c1-15(2)24(16(3)4)13-7-11-22-20(21)23-12-10-17-8-9-18(25-5)19(14-17)26-6/h8-9,14-16H,7,10-13H2,1-6H3,(H3,21,22,23). The zero-order chi connectivity index (χ0) is 19.5. The summed E-state index contributed by atoms with van der Waals surface area (Å²) in [5.74, 6) is 1.99. The number of benzene rings is 1. The molecule has 6 heteroatoms. The Hall–Kier alpha value is -1.95. The van der Waals surface area contributed by atoms with E-state index in [-0.39, 0.29) is 0 Å². The Bertz CT molecular complexity index is 551. The van der Waals surface area contributed by atoms with Crippen molar-refractivity contribution in [3.63, 3.8) is 0 Å². The molecule has 1 rings (SSSR count). The monoisotopic (exact) mass is 364 g/mol. The molecule has 0 aliphatic carbocycles. The summed E-state index contributed by atoms with van der Waals surface area (Å²) in [5, 5.41) is 3.17. The lowest BCUT2D eigenvalue weighted by Gasteiger charge is -2.30. The Balaban J connectivity index is 2.35. The largest absolute Gasteiger partial charge is 0.493 e. The van der Waals surface area contributed by atoms with Crippen LogP contribution >= 0.6 is 0 Å². The van der Waals surface area contributed by atoms with Gasteiger partial charge in [-0.25, -0.2) is 0 Å². The quantitative estimate of drug-likeness (QED) is 0.359. The molecule has 0 unspecified atom stereocenters. The minimum atomic E-state index is 0.506. The zero-order valence-electron chi connectivity index (χ0n) is 17.2. The molecule has 3 N–H and O–H groups in total. The first-order valence-corrected chi connectivity index (χ1v) is 9.39. The third-order valence-corrected chi connectivity index (χ3v) is 4.35. The molecule has 0 aliphatic heterocycles. The van der Waals surface area contributed by atoms with Gasteiger partial charge in [-0.3, -0.25) is 9.89 Å². The topological polar surface area (TPSA) is 72.1 Å². The highest BCUT2D eigenvalue weighted by atomic mass is 16.5. The van der Waals surface area contributed by atoms with E-state index in [9.17, 15) is 0 Å². The molecule has 6 nitrogen and oxygen atoms in total. The van der Waals surface area contributed by atoms with Crippen LogP contribution < -0.4 is 20.5 Å². The number of nitrogens with zero attached hydrogens (tertiary/aromatic N) is 2. The van der Waals surface area contributed by atoms with Crippen LogP contribution in [0.5, 0.6) is 11.5 Å². The highest BCUT2D eigenvalue weighted by Gasteiger charge is 2.12. The fraction of sp³-hybridized carbons (Fsp3) is 0.650. The maximum atomic E-state index is 5.96. The Kier molecular flexibility index (Phi) is 9.88. The summed E-state index contributed by atoms with van der Waals surface area (Å²) < 4.78 is 10.6. The second kappa shape index (κ2) is 11.6. The average molecular weight is 365 g/mol. The van der Waals surface area contributed by atoms with Crippen LogP contribution in [0.2, 0.25) is 0 Å². The van der Waals surface area contributed by atoms with Crippen molar-refractivity contribution in [2.75, 3.05) is 33.9 Å². The summed E-state index contributed by atoms with van der Waals surface area (Å²) in [6.45, 7) is 11.4. The van der Waals surface area contributed by atoms with Crippen molar-refractivity contribution in [3.8, 4) is 11.5 Å². The number of nitrogens with two attached hydrogens (primary N) is 1. The molecule has 0 fully saturated rings. The van der Waals surface area contributed by atoms with Gasteiger partial charge in [0.25, 0.3) is 0 Å². The fourth-order valence-corrected chi connectivity index (χ4v) is 2.99. The number of ether oxygens (including phenoxy) is 2. The van der Waals surface area contributed by atoms with Gasteiger partial charge in [0, 0.05) is 31.7 Å². The molecule has 26 heavy (non-hydrogen) atoms. The molecule has 148 valence electrons. The Morgan fingerprint density at radius 1 is 1.12 bits per heavy atom. The molecule has 0 amide bonds. The molecule has 0 heterocycles. The Morgan fingerprint density at radius 3 is 2.35 bits per heavy atom. The van der Waals surface area contributed by atoms with Crippen molar-refractivity contribution in [2.45, 2.75) is 52.6 Å². The number of nitrogens with one attached hydrogen (secondary N) is 1. The van der Waals surface area contributed by atoms with Gasteiger partial charge >= 0.3 is 0 Å². The fourth-order valence-electron chi connectivity index (χ4n) is 2.99. The molecular weight excluding hydrogens is 328 g/mol. The van der Waals surface area contributed by atoms with E-state index in [1.807, 2.05) is 18.2 Å². The van der Waals surface area contributed by atoms with Crippen LogP contribution in [0.15, 0.2) is 23.2 Å². The van der Waals surface area contributed by atoms with E-state index >= 15 is 0 Å². The van der Waals surface area contributed by atoms with E-state index in [0.717, 1.165) is 49.5 Å². The predicted molar refractivity (Wildman–Crippen MR) is 109 cm³/mol. The van der Waals surface area contributed by atoms with Gasteiger partial charge in [0.1, 0.15) is 0 Å². The molecule has 0 bridgehead atoms.